The van der Waals surface area contributed by atoms with E-state index in [0.717, 1.165) is 57.4 Å². The number of carbonyl (C=O) groups is 2. The van der Waals surface area contributed by atoms with Gasteiger partial charge in [0.05, 0.1) is 13.1 Å². The molecule has 0 aromatic carbocycles. The number of halogens is 2. The van der Waals surface area contributed by atoms with Crippen molar-refractivity contribution in [2.24, 2.45) is 11.8 Å². The van der Waals surface area contributed by atoms with Crippen LogP contribution in [-0.4, -0.2) is 73.5 Å². The molecule has 2 amide bonds. The topological polar surface area (TPSA) is 64.7 Å². The van der Waals surface area contributed by atoms with Crippen molar-refractivity contribution in [3.8, 4) is 0 Å². The molecule has 3 rings (SSSR count). The summed E-state index contributed by atoms with van der Waals surface area (Å²) in [5, 5.41) is 6.46. The third-order valence-corrected chi connectivity index (χ3v) is 5.88. The lowest BCUT2D eigenvalue weighted by atomic mass is 9.87. The number of amides is 2. The van der Waals surface area contributed by atoms with Crippen molar-refractivity contribution in [2.75, 3.05) is 45.8 Å². The molecule has 1 saturated heterocycles. The lowest BCUT2D eigenvalue weighted by Gasteiger charge is -2.35. The number of nitrogens with zero attached hydrogens (tertiary/aromatic N) is 2. The van der Waals surface area contributed by atoms with Crippen LogP contribution in [0.3, 0.4) is 0 Å². The molecule has 0 aromatic rings. The lowest BCUT2D eigenvalue weighted by Crippen LogP contribution is -2.53. The zero-order valence-electron chi connectivity index (χ0n) is 16.5. The van der Waals surface area contributed by atoms with Gasteiger partial charge in [0.15, 0.2) is 0 Å². The Labute approximate surface area is 176 Å². The van der Waals surface area contributed by atoms with Gasteiger partial charge >= 0.3 is 0 Å². The molecular weight excluding hydrogens is 387 g/mol. The van der Waals surface area contributed by atoms with Crippen LogP contribution in [0.1, 0.15) is 45.4 Å². The molecule has 27 heavy (non-hydrogen) atoms. The summed E-state index contributed by atoms with van der Waals surface area (Å²) >= 11 is 0. The summed E-state index contributed by atoms with van der Waals surface area (Å²) in [6.07, 6.45) is 7.29. The van der Waals surface area contributed by atoms with Crippen LogP contribution in [0.5, 0.6) is 0 Å². The molecule has 0 aromatic heterocycles. The molecular formula is C19H36Cl2N4O2. The summed E-state index contributed by atoms with van der Waals surface area (Å²) in [4.78, 5) is 28.5. The summed E-state index contributed by atoms with van der Waals surface area (Å²) < 4.78 is 0. The highest BCUT2D eigenvalue weighted by Crippen LogP contribution is 2.27. The quantitative estimate of drug-likeness (QED) is 0.654. The Bertz CT molecular complexity index is 461. The molecule has 0 spiro atoms. The fourth-order valence-electron chi connectivity index (χ4n) is 3.85. The van der Waals surface area contributed by atoms with Gasteiger partial charge in [-0.15, -0.1) is 24.8 Å². The highest BCUT2D eigenvalue weighted by Gasteiger charge is 2.25. The molecule has 3 aliphatic rings. The van der Waals surface area contributed by atoms with Crippen molar-refractivity contribution in [2.45, 2.75) is 51.5 Å². The Morgan fingerprint density at radius 1 is 0.926 bits per heavy atom. The predicted molar refractivity (Wildman–Crippen MR) is 113 cm³/mol. The van der Waals surface area contributed by atoms with Crippen molar-refractivity contribution in [1.82, 2.24) is 20.4 Å². The highest BCUT2D eigenvalue weighted by atomic mass is 35.5. The van der Waals surface area contributed by atoms with E-state index in [4.69, 9.17) is 0 Å². The Balaban J connectivity index is 0.00000182. The van der Waals surface area contributed by atoms with Gasteiger partial charge in [0.2, 0.25) is 11.8 Å². The largest absolute Gasteiger partial charge is 0.352 e. The maximum atomic E-state index is 12.2. The Hall–Kier alpha value is -0.560. The summed E-state index contributed by atoms with van der Waals surface area (Å²) in [6, 6.07) is 0.365. The van der Waals surface area contributed by atoms with Crippen molar-refractivity contribution in [3.05, 3.63) is 0 Å². The van der Waals surface area contributed by atoms with Gasteiger partial charge in [0.1, 0.15) is 0 Å². The van der Waals surface area contributed by atoms with Crippen LogP contribution in [0, 0.1) is 11.8 Å². The minimum absolute atomic E-state index is 0. The van der Waals surface area contributed by atoms with Crippen molar-refractivity contribution in [1.29, 1.82) is 0 Å². The zero-order chi connectivity index (χ0) is 17.6. The molecule has 3 fully saturated rings. The van der Waals surface area contributed by atoms with Crippen LogP contribution in [0.15, 0.2) is 0 Å². The molecule has 2 N–H and O–H groups in total. The maximum Gasteiger partial charge on any atom is 0.236 e. The van der Waals surface area contributed by atoms with Crippen LogP contribution >= 0.6 is 24.8 Å². The van der Waals surface area contributed by atoms with Gasteiger partial charge in [-0.25, -0.2) is 0 Å². The first-order valence-electron chi connectivity index (χ1n) is 10.1. The smallest absolute Gasteiger partial charge is 0.236 e. The van der Waals surface area contributed by atoms with Crippen molar-refractivity contribution < 1.29 is 9.59 Å². The van der Waals surface area contributed by atoms with E-state index in [9.17, 15) is 9.59 Å². The van der Waals surface area contributed by atoms with Gasteiger partial charge in [-0.2, -0.15) is 0 Å². The second-order valence-corrected chi connectivity index (χ2v) is 8.26. The summed E-state index contributed by atoms with van der Waals surface area (Å²) in [6.45, 7) is 7.25. The fraction of sp³-hybridized carbons (Fsp3) is 0.895. The first kappa shape index (κ1) is 24.5. The van der Waals surface area contributed by atoms with Crippen LogP contribution in [-0.2, 0) is 9.59 Å². The van der Waals surface area contributed by atoms with E-state index >= 15 is 0 Å². The van der Waals surface area contributed by atoms with Gasteiger partial charge in [-0.05, 0) is 56.9 Å². The van der Waals surface area contributed by atoms with Gasteiger partial charge in [-0.1, -0.05) is 6.92 Å². The summed E-state index contributed by atoms with van der Waals surface area (Å²) in [5.74, 6) is 1.94. The first-order chi connectivity index (χ1) is 12.1. The van der Waals surface area contributed by atoms with E-state index in [-0.39, 0.29) is 36.6 Å². The van der Waals surface area contributed by atoms with Crippen molar-refractivity contribution >= 4 is 36.6 Å². The monoisotopic (exact) mass is 422 g/mol. The predicted octanol–water partition coefficient (Wildman–Crippen LogP) is 1.67. The highest BCUT2D eigenvalue weighted by molar-refractivity contribution is 5.85. The van der Waals surface area contributed by atoms with Gasteiger partial charge < -0.3 is 15.5 Å². The standard InChI is InChI=1S/C19H34N4O2.2ClH/c1-15-2-6-17(7-3-15)21-18(24)14-22-8-10-23(11-9-22)19(25)13-20-12-16-4-5-16;;/h15-17,20H,2-14H2,1H3,(H,21,24);2*1H. The van der Waals surface area contributed by atoms with E-state index in [2.05, 4.69) is 22.5 Å². The number of hydrogen-bond donors (Lipinski definition) is 2. The molecule has 0 unspecified atom stereocenters. The van der Waals surface area contributed by atoms with E-state index in [1.54, 1.807) is 0 Å². The van der Waals surface area contributed by atoms with E-state index < -0.39 is 0 Å². The van der Waals surface area contributed by atoms with Gasteiger partial charge in [-0.3, -0.25) is 14.5 Å². The minimum Gasteiger partial charge on any atom is -0.352 e. The second-order valence-electron chi connectivity index (χ2n) is 8.26. The lowest BCUT2D eigenvalue weighted by molar-refractivity contribution is -0.132. The first-order valence-corrected chi connectivity index (χ1v) is 10.1. The van der Waals surface area contributed by atoms with Crippen LogP contribution in [0.25, 0.3) is 0 Å². The molecule has 0 bridgehead atoms. The molecule has 6 nitrogen and oxygen atoms in total. The second kappa shape index (κ2) is 12.1. The minimum atomic E-state index is 0. The molecule has 1 aliphatic heterocycles. The van der Waals surface area contributed by atoms with Gasteiger partial charge in [0.25, 0.3) is 0 Å². The average molecular weight is 423 g/mol. The van der Waals surface area contributed by atoms with Crippen molar-refractivity contribution in [3.63, 3.8) is 0 Å². The number of rotatable bonds is 7. The third kappa shape index (κ3) is 8.55. The third-order valence-electron chi connectivity index (χ3n) is 5.88. The van der Waals surface area contributed by atoms with Gasteiger partial charge in [0, 0.05) is 32.2 Å². The molecule has 0 atom stereocenters. The zero-order valence-corrected chi connectivity index (χ0v) is 18.1. The Kier molecular flexibility index (Phi) is 11.0. The molecule has 2 aliphatic carbocycles. The normalized spacial score (nSPS) is 25.9. The fourth-order valence-corrected chi connectivity index (χ4v) is 3.85. The SMILES string of the molecule is CC1CCC(NC(=O)CN2CCN(C(=O)CNCC3CC3)CC2)CC1.Cl.Cl. The number of nitrogens with one attached hydrogen (secondary N) is 2. The van der Waals surface area contributed by atoms with E-state index in [1.165, 1.54) is 25.7 Å². The number of hydrogen-bond acceptors (Lipinski definition) is 4. The molecule has 2 saturated carbocycles. The maximum absolute atomic E-state index is 12.2. The summed E-state index contributed by atoms with van der Waals surface area (Å²) in [5.41, 5.74) is 0. The van der Waals surface area contributed by atoms with Crippen LogP contribution < -0.4 is 10.6 Å². The van der Waals surface area contributed by atoms with E-state index in [0.29, 0.717) is 19.1 Å². The Morgan fingerprint density at radius 2 is 1.56 bits per heavy atom. The molecule has 8 heteroatoms. The number of piperazine rings is 1. The Morgan fingerprint density at radius 3 is 2.15 bits per heavy atom. The molecule has 158 valence electrons. The average Bonchev–Trinajstić information content (AvgIpc) is 3.42. The molecule has 0 radical (unpaired) electrons. The number of carbonyl (C=O) groups excluding carboxylic acids is 2. The van der Waals surface area contributed by atoms with Crippen LogP contribution in [0.4, 0.5) is 0 Å². The van der Waals surface area contributed by atoms with Crippen LogP contribution in [0.2, 0.25) is 0 Å². The van der Waals surface area contributed by atoms with E-state index in [1.807, 2.05) is 4.90 Å². The summed E-state index contributed by atoms with van der Waals surface area (Å²) in [7, 11) is 0. The molecule has 1 heterocycles.